The Labute approximate surface area is 67.1 Å². The first-order valence-corrected chi connectivity index (χ1v) is 3.23. The van der Waals surface area contributed by atoms with Crippen LogP contribution in [0.3, 0.4) is 0 Å². The zero-order chi connectivity index (χ0) is 9.19. The summed E-state index contributed by atoms with van der Waals surface area (Å²) in [6, 6.07) is 0. The molecule has 0 amide bonds. The molecule has 1 aliphatic heterocycles. The molecule has 2 unspecified atom stereocenters. The third-order valence-corrected chi connectivity index (χ3v) is 1.15. The van der Waals surface area contributed by atoms with Crippen molar-refractivity contribution in [1.29, 1.82) is 0 Å². The lowest BCUT2D eigenvalue weighted by molar-refractivity contribution is 0.0351. The minimum atomic E-state index is -2.75. The molecule has 0 aromatic carbocycles. The number of nitrogens with one attached hydrogen (secondary N) is 2. The monoisotopic (exact) mass is 178 g/mol. The maximum Gasteiger partial charge on any atom is 0.330 e. The number of halogens is 2. The van der Waals surface area contributed by atoms with E-state index < -0.39 is 18.0 Å². The lowest BCUT2D eigenvalue weighted by Crippen LogP contribution is -2.46. The Morgan fingerprint density at radius 2 is 2.50 bits per heavy atom. The fourth-order valence-electron chi connectivity index (χ4n) is 0.701. The van der Waals surface area contributed by atoms with Crippen molar-refractivity contribution in [1.82, 2.24) is 10.7 Å². The van der Waals surface area contributed by atoms with Gasteiger partial charge in [-0.25, -0.2) is 9.71 Å². The van der Waals surface area contributed by atoms with Gasteiger partial charge in [0.05, 0.1) is 6.20 Å². The first kappa shape index (κ1) is 9.01. The van der Waals surface area contributed by atoms with E-state index in [0.29, 0.717) is 6.20 Å². The molecule has 68 valence electrons. The fraction of sp³-hybridized carbons (Fsp3) is 0.600. The Kier molecular flexibility index (Phi) is 2.34. The van der Waals surface area contributed by atoms with Crippen LogP contribution in [0.1, 0.15) is 6.92 Å². The Bertz CT molecular complexity index is 229. The first-order chi connectivity index (χ1) is 5.54. The van der Waals surface area contributed by atoms with Crippen molar-refractivity contribution in [2.45, 2.75) is 19.1 Å². The van der Waals surface area contributed by atoms with E-state index in [1.807, 2.05) is 10.7 Å². The lowest BCUT2D eigenvalue weighted by atomic mass is 10.4. The number of aliphatic hydroxyl groups excluding tert-OH is 1. The van der Waals surface area contributed by atoms with Crippen molar-refractivity contribution >= 4 is 0 Å². The lowest BCUT2D eigenvalue weighted by Gasteiger charge is -2.22. The van der Waals surface area contributed by atoms with Crippen LogP contribution in [0.2, 0.25) is 0 Å². The summed E-state index contributed by atoms with van der Waals surface area (Å²) >= 11 is 0. The van der Waals surface area contributed by atoms with Crippen LogP contribution in [0.15, 0.2) is 22.4 Å². The number of aliphatic hydroxyl groups is 1. The molecule has 0 aliphatic carbocycles. The molecule has 1 aliphatic rings. The SMILES string of the molecule is CC(O)NC1(F)N=NNC=C1F. The van der Waals surface area contributed by atoms with Gasteiger partial charge in [-0.15, -0.1) is 5.11 Å². The van der Waals surface area contributed by atoms with Crippen molar-refractivity contribution in [3.8, 4) is 0 Å². The van der Waals surface area contributed by atoms with Crippen LogP contribution in [0.4, 0.5) is 8.78 Å². The summed E-state index contributed by atoms with van der Waals surface area (Å²) in [4.78, 5) is 0. The zero-order valence-corrected chi connectivity index (χ0v) is 6.25. The summed E-state index contributed by atoms with van der Waals surface area (Å²) in [6.07, 6.45) is -0.506. The predicted molar refractivity (Wildman–Crippen MR) is 35.8 cm³/mol. The second kappa shape index (κ2) is 3.11. The molecule has 7 heteroatoms. The Morgan fingerprint density at radius 3 is 3.00 bits per heavy atom. The first-order valence-electron chi connectivity index (χ1n) is 3.23. The van der Waals surface area contributed by atoms with Gasteiger partial charge in [0.25, 0.3) is 0 Å². The van der Waals surface area contributed by atoms with Gasteiger partial charge in [0.15, 0.2) is 5.83 Å². The van der Waals surface area contributed by atoms with E-state index >= 15 is 0 Å². The highest BCUT2D eigenvalue weighted by Gasteiger charge is 2.38. The van der Waals surface area contributed by atoms with E-state index in [4.69, 9.17) is 5.11 Å². The third kappa shape index (κ3) is 1.74. The Morgan fingerprint density at radius 1 is 1.83 bits per heavy atom. The third-order valence-electron chi connectivity index (χ3n) is 1.15. The fourth-order valence-corrected chi connectivity index (χ4v) is 0.701. The summed E-state index contributed by atoms with van der Waals surface area (Å²) in [5, 5.41) is 16.5. The molecule has 3 N–H and O–H groups in total. The molecule has 0 radical (unpaired) electrons. The molecule has 1 heterocycles. The van der Waals surface area contributed by atoms with Crippen LogP contribution in [-0.2, 0) is 0 Å². The van der Waals surface area contributed by atoms with Crippen LogP contribution in [0.5, 0.6) is 0 Å². The van der Waals surface area contributed by atoms with Crippen LogP contribution >= 0.6 is 0 Å². The van der Waals surface area contributed by atoms with Gasteiger partial charge in [-0.05, 0) is 6.92 Å². The summed E-state index contributed by atoms with van der Waals surface area (Å²) in [5.74, 6) is -3.93. The van der Waals surface area contributed by atoms with E-state index in [1.165, 1.54) is 6.92 Å². The minimum absolute atomic E-state index is 0.711. The van der Waals surface area contributed by atoms with Crippen LogP contribution in [0.25, 0.3) is 0 Å². The number of nitrogens with zero attached hydrogens (tertiary/aromatic N) is 2. The summed E-state index contributed by atoms with van der Waals surface area (Å²) in [6.45, 7) is 1.24. The second-order valence-corrected chi connectivity index (χ2v) is 2.26. The quantitative estimate of drug-likeness (QED) is 0.421. The van der Waals surface area contributed by atoms with Gasteiger partial charge in [-0.3, -0.25) is 5.43 Å². The van der Waals surface area contributed by atoms with E-state index in [9.17, 15) is 8.78 Å². The molecule has 0 bridgehead atoms. The number of hydrogen-bond donors (Lipinski definition) is 3. The highest BCUT2D eigenvalue weighted by molar-refractivity contribution is 5.07. The molecule has 5 nitrogen and oxygen atoms in total. The van der Waals surface area contributed by atoms with Crippen molar-refractivity contribution in [3.63, 3.8) is 0 Å². The molecule has 0 fully saturated rings. The Balaban J connectivity index is 2.74. The summed E-state index contributed by atoms with van der Waals surface area (Å²) in [7, 11) is 0. The predicted octanol–water partition coefficient (Wildman–Crippen LogP) is 0.319. The van der Waals surface area contributed by atoms with Crippen LogP contribution in [0, 0.1) is 0 Å². The standard InChI is InChI=1S/C5H8F2N4O/c1-3(12)9-5(7)4(6)2-8-11-10-5/h2-3,9,12H,1H3,(H,8,10). The van der Waals surface area contributed by atoms with Gasteiger partial charge in [0.2, 0.25) is 0 Å². The van der Waals surface area contributed by atoms with Gasteiger partial charge in [-0.2, -0.15) is 4.39 Å². The van der Waals surface area contributed by atoms with Gasteiger partial charge in [0, 0.05) is 0 Å². The minimum Gasteiger partial charge on any atom is -0.379 e. The van der Waals surface area contributed by atoms with Gasteiger partial charge in [0.1, 0.15) is 6.23 Å². The van der Waals surface area contributed by atoms with Gasteiger partial charge < -0.3 is 5.11 Å². The highest BCUT2D eigenvalue weighted by Crippen LogP contribution is 2.24. The molecular formula is C5H8F2N4O. The molecule has 0 saturated heterocycles. The number of alkyl halides is 1. The van der Waals surface area contributed by atoms with Gasteiger partial charge >= 0.3 is 5.92 Å². The molecule has 0 aromatic rings. The van der Waals surface area contributed by atoms with Crippen LogP contribution < -0.4 is 10.7 Å². The normalized spacial score (nSPS) is 30.8. The molecular weight excluding hydrogens is 170 g/mol. The van der Waals surface area contributed by atoms with E-state index in [1.54, 1.807) is 0 Å². The van der Waals surface area contributed by atoms with E-state index in [-0.39, 0.29) is 0 Å². The largest absolute Gasteiger partial charge is 0.379 e. The van der Waals surface area contributed by atoms with Crippen molar-refractivity contribution in [2.75, 3.05) is 0 Å². The van der Waals surface area contributed by atoms with Crippen LogP contribution in [-0.4, -0.2) is 17.3 Å². The molecule has 2 atom stereocenters. The number of hydrogen-bond acceptors (Lipinski definition) is 5. The second-order valence-electron chi connectivity index (χ2n) is 2.26. The van der Waals surface area contributed by atoms with E-state index in [0.717, 1.165) is 0 Å². The smallest absolute Gasteiger partial charge is 0.330 e. The maximum absolute atomic E-state index is 13.2. The Hall–Kier alpha value is -1.08. The molecule has 0 spiro atoms. The maximum atomic E-state index is 13.2. The summed E-state index contributed by atoms with van der Waals surface area (Å²) in [5.41, 5.74) is 2.02. The highest BCUT2D eigenvalue weighted by atomic mass is 19.2. The average Bonchev–Trinajstić information content (AvgIpc) is 1.94. The average molecular weight is 178 g/mol. The van der Waals surface area contributed by atoms with Crippen molar-refractivity contribution < 1.29 is 13.9 Å². The molecule has 12 heavy (non-hydrogen) atoms. The van der Waals surface area contributed by atoms with Crippen molar-refractivity contribution in [2.24, 2.45) is 10.3 Å². The number of rotatable bonds is 2. The van der Waals surface area contributed by atoms with Crippen molar-refractivity contribution in [3.05, 3.63) is 12.0 Å². The molecule has 0 aromatic heterocycles. The molecule has 1 rings (SSSR count). The molecule has 0 saturated carbocycles. The summed E-state index contributed by atoms with van der Waals surface area (Å²) < 4.78 is 25.9. The zero-order valence-electron chi connectivity index (χ0n) is 6.25. The van der Waals surface area contributed by atoms with E-state index in [2.05, 4.69) is 10.3 Å². The van der Waals surface area contributed by atoms with Gasteiger partial charge in [-0.1, -0.05) is 5.22 Å². The topological polar surface area (TPSA) is 69.0 Å².